The molecule has 0 saturated heterocycles. The second-order valence-corrected chi connectivity index (χ2v) is 4.53. The number of rotatable bonds is 3. The predicted molar refractivity (Wildman–Crippen MR) is 78.3 cm³/mol. The average Bonchev–Trinajstić information content (AvgIpc) is 2.33. The van der Waals surface area contributed by atoms with Gasteiger partial charge in [0.1, 0.15) is 0 Å². The Morgan fingerprint density at radius 2 is 1.56 bits per heavy atom. The van der Waals surface area contributed by atoms with Gasteiger partial charge in [-0.15, -0.1) is 0 Å². The summed E-state index contributed by atoms with van der Waals surface area (Å²) in [6.07, 6.45) is 4.02. The van der Waals surface area contributed by atoms with Crippen molar-refractivity contribution < 1.29 is 0 Å². The van der Waals surface area contributed by atoms with E-state index in [2.05, 4.69) is 58.2 Å². The van der Waals surface area contributed by atoms with E-state index in [4.69, 9.17) is 0 Å². The zero-order valence-corrected chi connectivity index (χ0v) is 10.9. The number of anilines is 1. The Hall–Kier alpha value is -1.29. The fourth-order valence-corrected chi connectivity index (χ4v) is 1.91. The van der Waals surface area contributed by atoms with Crippen molar-refractivity contribution in [2.45, 2.75) is 0 Å². The molecule has 80 valence electrons. The molecule has 0 spiro atoms. The smallest absolute Gasteiger partial charge is 0.0515 e. The van der Waals surface area contributed by atoms with E-state index in [0.717, 1.165) is 5.69 Å². The van der Waals surface area contributed by atoms with Gasteiger partial charge in [-0.2, -0.15) is 0 Å². The third-order valence-electron chi connectivity index (χ3n) is 2.19. The van der Waals surface area contributed by atoms with E-state index >= 15 is 0 Å². The molecular weight excluding hydrogens is 309 g/mol. The molecule has 16 heavy (non-hydrogen) atoms. The van der Waals surface area contributed by atoms with E-state index in [1.807, 2.05) is 36.5 Å². The van der Waals surface area contributed by atoms with E-state index < -0.39 is 0 Å². The van der Waals surface area contributed by atoms with Crippen molar-refractivity contribution in [1.82, 2.24) is 0 Å². The van der Waals surface area contributed by atoms with Gasteiger partial charge in [-0.1, -0.05) is 42.5 Å². The monoisotopic (exact) mass is 321 g/mol. The number of benzene rings is 2. The highest BCUT2D eigenvalue weighted by Crippen LogP contribution is 2.16. The van der Waals surface area contributed by atoms with Crippen LogP contribution in [0.3, 0.4) is 0 Å². The molecule has 0 amide bonds. The van der Waals surface area contributed by atoms with Gasteiger partial charge in [-0.3, -0.25) is 0 Å². The lowest BCUT2D eigenvalue weighted by Crippen LogP contribution is -1.89. The molecule has 0 saturated carbocycles. The van der Waals surface area contributed by atoms with Crippen molar-refractivity contribution in [2.75, 3.05) is 5.32 Å². The molecule has 0 aliphatic heterocycles. The summed E-state index contributed by atoms with van der Waals surface area (Å²) in [5, 5.41) is 3.27. The number of para-hydroxylation sites is 1. The molecular formula is C14H12IN. The third-order valence-corrected chi connectivity index (χ3v) is 3.13. The Morgan fingerprint density at radius 1 is 0.875 bits per heavy atom. The quantitative estimate of drug-likeness (QED) is 0.828. The maximum absolute atomic E-state index is 3.27. The summed E-state index contributed by atoms with van der Waals surface area (Å²) in [6.45, 7) is 0. The normalized spacial score (nSPS) is 10.6. The summed E-state index contributed by atoms with van der Waals surface area (Å²) >= 11 is 2.32. The molecule has 0 bridgehead atoms. The number of hydrogen-bond donors (Lipinski definition) is 1. The molecule has 0 unspecified atom stereocenters. The maximum Gasteiger partial charge on any atom is 0.0515 e. The van der Waals surface area contributed by atoms with Crippen LogP contribution >= 0.6 is 22.6 Å². The van der Waals surface area contributed by atoms with Gasteiger partial charge in [0.15, 0.2) is 0 Å². The molecule has 2 aromatic rings. The number of nitrogens with one attached hydrogen (secondary N) is 1. The van der Waals surface area contributed by atoms with Crippen LogP contribution in [0.4, 0.5) is 5.69 Å². The predicted octanol–water partition coefficient (Wildman–Crippen LogP) is 4.37. The van der Waals surface area contributed by atoms with E-state index in [9.17, 15) is 0 Å². The first-order valence-corrected chi connectivity index (χ1v) is 6.17. The maximum atomic E-state index is 3.27. The standard InChI is InChI=1S/C14H12IN/c15-13-8-4-5-9-14(13)16-11-10-12-6-2-1-3-7-12/h1-11,16H/b11-10+. The molecule has 2 aromatic carbocycles. The largest absolute Gasteiger partial charge is 0.361 e. The fraction of sp³-hybridized carbons (Fsp3) is 0. The number of halogens is 1. The molecule has 1 nitrogen and oxygen atoms in total. The van der Waals surface area contributed by atoms with E-state index in [1.54, 1.807) is 0 Å². The van der Waals surface area contributed by atoms with Crippen LogP contribution in [0, 0.1) is 3.57 Å². The minimum absolute atomic E-state index is 1.13. The van der Waals surface area contributed by atoms with Gasteiger partial charge >= 0.3 is 0 Å². The van der Waals surface area contributed by atoms with Gasteiger partial charge in [0.25, 0.3) is 0 Å². The number of hydrogen-bond acceptors (Lipinski definition) is 1. The van der Waals surface area contributed by atoms with Crippen molar-refractivity contribution in [1.29, 1.82) is 0 Å². The van der Waals surface area contributed by atoms with E-state index in [1.165, 1.54) is 9.13 Å². The Kier molecular flexibility index (Phi) is 3.99. The van der Waals surface area contributed by atoms with Gasteiger partial charge in [0.05, 0.1) is 5.69 Å². The summed E-state index contributed by atoms with van der Waals surface area (Å²) in [4.78, 5) is 0. The molecule has 0 atom stereocenters. The zero-order valence-electron chi connectivity index (χ0n) is 8.73. The van der Waals surface area contributed by atoms with Gasteiger partial charge in [0.2, 0.25) is 0 Å². The Bertz CT molecular complexity index is 477. The third kappa shape index (κ3) is 3.10. The molecule has 0 fully saturated rings. The first-order valence-electron chi connectivity index (χ1n) is 5.09. The molecule has 0 radical (unpaired) electrons. The van der Waals surface area contributed by atoms with Crippen LogP contribution < -0.4 is 5.32 Å². The molecule has 2 rings (SSSR count). The van der Waals surface area contributed by atoms with Crippen LogP contribution in [0.5, 0.6) is 0 Å². The zero-order chi connectivity index (χ0) is 11.2. The van der Waals surface area contributed by atoms with Crippen molar-refractivity contribution in [3.63, 3.8) is 0 Å². The van der Waals surface area contributed by atoms with Crippen LogP contribution in [-0.4, -0.2) is 0 Å². The second-order valence-electron chi connectivity index (χ2n) is 3.37. The Balaban J connectivity index is 2.03. The topological polar surface area (TPSA) is 12.0 Å². The lowest BCUT2D eigenvalue weighted by atomic mass is 10.2. The molecule has 2 heteroatoms. The summed E-state index contributed by atoms with van der Waals surface area (Å²) in [5.41, 5.74) is 2.33. The summed E-state index contributed by atoms with van der Waals surface area (Å²) in [7, 11) is 0. The van der Waals surface area contributed by atoms with Crippen LogP contribution in [0.25, 0.3) is 6.08 Å². The van der Waals surface area contributed by atoms with Crippen molar-refractivity contribution in [3.05, 3.63) is 69.9 Å². The van der Waals surface area contributed by atoms with Crippen molar-refractivity contribution in [3.8, 4) is 0 Å². The molecule has 1 N–H and O–H groups in total. The SMILES string of the molecule is Ic1ccccc1N/C=C/c1ccccc1. The molecule has 0 aromatic heterocycles. The summed E-state index contributed by atoms with van der Waals surface area (Å²) < 4.78 is 1.22. The highest BCUT2D eigenvalue weighted by atomic mass is 127. The highest BCUT2D eigenvalue weighted by Gasteiger charge is 1.93. The summed E-state index contributed by atoms with van der Waals surface area (Å²) in [5.74, 6) is 0. The van der Waals surface area contributed by atoms with Gasteiger partial charge in [-0.25, -0.2) is 0 Å². The van der Waals surface area contributed by atoms with Crippen LogP contribution in [0.15, 0.2) is 60.8 Å². The van der Waals surface area contributed by atoms with Crippen LogP contribution in [0.1, 0.15) is 5.56 Å². The lowest BCUT2D eigenvalue weighted by Gasteiger charge is -2.02. The molecule has 0 heterocycles. The van der Waals surface area contributed by atoms with Crippen LogP contribution in [-0.2, 0) is 0 Å². The minimum atomic E-state index is 1.13. The molecule has 0 aliphatic rings. The summed E-state index contributed by atoms with van der Waals surface area (Å²) in [6, 6.07) is 18.5. The Labute approximate surface area is 109 Å². The molecule has 0 aliphatic carbocycles. The lowest BCUT2D eigenvalue weighted by molar-refractivity contribution is 1.55. The van der Waals surface area contributed by atoms with E-state index in [0.29, 0.717) is 0 Å². The van der Waals surface area contributed by atoms with E-state index in [-0.39, 0.29) is 0 Å². The highest BCUT2D eigenvalue weighted by molar-refractivity contribution is 14.1. The van der Waals surface area contributed by atoms with Crippen molar-refractivity contribution >= 4 is 34.4 Å². The second kappa shape index (κ2) is 5.70. The van der Waals surface area contributed by atoms with Crippen molar-refractivity contribution in [2.24, 2.45) is 0 Å². The average molecular weight is 321 g/mol. The Morgan fingerprint density at radius 3 is 2.31 bits per heavy atom. The first-order chi connectivity index (χ1) is 7.86. The fourth-order valence-electron chi connectivity index (χ4n) is 1.37. The van der Waals surface area contributed by atoms with Gasteiger partial charge in [-0.05, 0) is 46.4 Å². The van der Waals surface area contributed by atoms with Gasteiger partial charge in [0, 0.05) is 9.77 Å². The van der Waals surface area contributed by atoms with Crippen LogP contribution in [0.2, 0.25) is 0 Å². The first kappa shape index (κ1) is 11.2. The van der Waals surface area contributed by atoms with Gasteiger partial charge < -0.3 is 5.32 Å². The minimum Gasteiger partial charge on any atom is -0.361 e.